The second-order valence-electron chi connectivity index (χ2n) is 5.62. The van der Waals surface area contributed by atoms with Crippen molar-refractivity contribution >= 4 is 21.7 Å². The molecule has 21 heavy (non-hydrogen) atoms. The molecule has 0 saturated carbocycles. The Labute approximate surface area is 133 Å². The molecule has 4 heteroatoms. The summed E-state index contributed by atoms with van der Waals surface area (Å²) in [6.45, 7) is 2.07. The van der Waals surface area contributed by atoms with E-state index in [0.717, 1.165) is 40.7 Å². The van der Waals surface area contributed by atoms with Gasteiger partial charge in [-0.3, -0.25) is 9.48 Å². The van der Waals surface area contributed by atoms with E-state index in [0.29, 0.717) is 6.42 Å². The molecule has 110 valence electrons. The summed E-state index contributed by atoms with van der Waals surface area (Å²) < 4.78 is 2.79. The Morgan fingerprint density at radius 2 is 2.10 bits per heavy atom. The lowest BCUT2D eigenvalue weighted by Crippen LogP contribution is -2.09. The smallest absolute Gasteiger partial charge is 0.168 e. The molecule has 1 heterocycles. The van der Waals surface area contributed by atoms with Crippen LogP contribution in [0.2, 0.25) is 0 Å². The van der Waals surface area contributed by atoms with Crippen LogP contribution < -0.4 is 0 Å². The number of aryl methyl sites for hydroxylation is 4. The van der Waals surface area contributed by atoms with Crippen molar-refractivity contribution in [3.63, 3.8) is 0 Å². The van der Waals surface area contributed by atoms with Crippen LogP contribution in [0, 0.1) is 0 Å². The van der Waals surface area contributed by atoms with Gasteiger partial charge >= 0.3 is 0 Å². The van der Waals surface area contributed by atoms with Gasteiger partial charge in [-0.2, -0.15) is 5.10 Å². The summed E-state index contributed by atoms with van der Waals surface area (Å²) in [5.74, 6) is 0.163. The molecule has 0 unspecified atom stereocenters. The maximum Gasteiger partial charge on any atom is 0.168 e. The molecule has 1 aliphatic carbocycles. The van der Waals surface area contributed by atoms with Crippen LogP contribution >= 0.6 is 15.9 Å². The zero-order chi connectivity index (χ0) is 15.0. The summed E-state index contributed by atoms with van der Waals surface area (Å²) in [5, 5.41) is 4.45. The fourth-order valence-electron chi connectivity index (χ4n) is 3.01. The minimum absolute atomic E-state index is 0.163. The van der Waals surface area contributed by atoms with Crippen LogP contribution in [0.3, 0.4) is 0 Å². The summed E-state index contributed by atoms with van der Waals surface area (Å²) in [6, 6.07) is 6.17. The van der Waals surface area contributed by atoms with Crippen molar-refractivity contribution in [2.75, 3.05) is 0 Å². The second-order valence-corrected chi connectivity index (χ2v) is 6.41. The number of hydrogen-bond acceptors (Lipinski definition) is 2. The van der Waals surface area contributed by atoms with Gasteiger partial charge in [0.2, 0.25) is 0 Å². The lowest BCUT2D eigenvalue weighted by atomic mass is 10.0. The number of ketones is 1. The van der Waals surface area contributed by atoms with Gasteiger partial charge in [0.05, 0.1) is 22.3 Å². The zero-order valence-electron chi connectivity index (χ0n) is 12.4. The van der Waals surface area contributed by atoms with Gasteiger partial charge in [0.15, 0.2) is 5.78 Å². The highest BCUT2D eigenvalue weighted by Gasteiger charge is 2.18. The van der Waals surface area contributed by atoms with E-state index < -0.39 is 0 Å². The third-order valence-corrected chi connectivity index (χ3v) is 5.17. The van der Waals surface area contributed by atoms with Crippen LogP contribution in [-0.2, 0) is 32.7 Å². The van der Waals surface area contributed by atoms with E-state index >= 15 is 0 Å². The van der Waals surface area contributed by atoms with Gasteiger partial charge in [-0.25, -0.2) is 0 Å². The van der Waals surface area contributed by atoms with Crippen molar-refractivity contribution in [3.05, 3.63) is 50.8 Å². The van der Waals surface area contributed by atoms with Gasteiger partial charge in [-0.15, -0.1) is 0 Å². The van der Waals surface area contributed by atoms with Crippen molar-refractivity contribution < 1.29 is 4.79 Å². The number of halogens is 1. The molecule has 0 bridgehead atoms. The highest BCUT2D eigenvalue weighted by molar-refractivity contribution is 9.10. The molecule has 2 aromatic rings. The Morgan fingerprint density at radius 3 is 2.81 bits per heavy atom. The molecule has 0 radical (unpaired) electrons. The van der Waals surface area contributed by atoms with E-state index in [1.54, 1.807) is 0 Å². The Hall–Kier alpha value is -1.42. The molecule has 3 rings (SSSR count). The molecule has 1 aliphatic rings. The van der Waals surface area contributed by atoms with E-state index in [1.165, 1.54) is 17.5 Å². The van der Waals surface area contributed by atoms with E-state index in [9.17, 15) is 4.79 Å². The third kappa shape index (κ3) is 2.69. The number of rotatable bonds is 4. The first-order valence-corrected chi connectivity index (χ1v) is 8.24. The number of benzene rings is 1. The van der Waals surface area contributed by atoms with Gasteiger partial charge in [-0.1, -0.05) is 19.1 Å². The largest absolute Gasteiger partial charge is 0.294 e. The van der Waals surface area contributed by atoms with Gasteiger partial charge in [0.1, 0.15) is 0 Å². The Bertz CT molecular complexity index is 703. The molecule has 0 aliphatic heterocycles. The standard InChI is InChI=1S/C17H19BrN2O/c1-3-14-17(18)15(20(2)19-14)10-16(21)13-8-7-11-5-4-6-12(11)9-13/h7-9H,3-6,10H2,1-2H3. The van der Waals surface area contributed by atoms with Crippen LogP contribution in [0.15, 0.2) is 22.7 Å². The first-order chi connectivity index (χ1) is 10.1. The number of nitrogens with zero attached hydrogens (tertiary/aromatic N) is 2. The predicted octanol–water partition coefficient (Wildman–Crippen LogP) is 3.66. The van der Waals surface area contributed by atoms with E-state index in [2.05, 4.69) is 40.1 Å². The number of Topliss-reactive ketones (excluding diaryl/α,β-unsaturated/α-hetero) is 1. The predicted molar refractivity (Wildman–Crippen MR) is 86.8 cm³/mol. The SMILES string of the molecule is CCc1nn(C)c(CC(=O)c2ccc3c(c2)CCC3)c1Br. The number of fused-ring (bicyclic) bond motifs is 1. The Morgan fingerprint density at radius 1 is 1.33 bits per heavy atom. The average Bonchev–Trinajstić information content (AvgIpc) is 3.05. The second kappa shape index (κ2) is 5.76. The quantitative estimate of drug-likeness (QED) is 0.791. The third-order valence-electron chi connectivity index (χ3n) is 4.25. The molecule has 1 aromatic heterocycles. The summed E-state index contributed by atoms with van der Waals surface area (Å²) in [6.07, 6.45) is 4.72. The molecule has 0 spiro atoms. The van der Waals surface area contributed by atoms with Crippen molar-refractivity contribution in [1.29, 1.82) is 0 Å². The highest BCUT2D eigenvalue weighted by atomic mass is 79.9. The fourth-order valence-corrected chi connectivity index (χ4v) is 3.77. The monoisotopic (exact) mass is 346 g/mol. The number of hydrogen-bond donors (Lipinski definition) is 0. The van der Waals surface area contributed by atoms with Crippen LogP contribution in [0.4, 0.5) is 0 Å². The lowest BCUT2D eigenvalue weighted by molar-refractivity contribution is 0.0990. The van der Waals surface area contributed by atoms with E-state index in [-0.39, 0.29) is 5.78 Å². The minimum Gasteiger partial charge on any atom is -0.294 e. The van der Waals surface area contributed by atoms with Crippen molar-refractivity contribution in [2.24, 2.45) is 7.05 Å². The highest BCUT2D eigenvalue weighted by Crippen LogP contribution is 2.25. The molecule has 0 amide bonds. The summed E-state index contributed by atoms with van der Waals surface area (Å²) in [7, 11) is 1.90. The maximum atomic E-state index is 12.6. The van der Waals surface area contributed by atoms with Crippen LogP contribution in [-0.4, -0.2) is 15.6 Å². The number of carbonyl (C=O) groups is 1. The molecule has 0 atom stereocenters. The average molecular weight is 347 g/mol. The first-order valence-electron chi connectivity index (χ1n) is 7.45. The van der Waals surface area contributed by atoms with Crippen molar-refractivity contribution in [1.82, 2.24) is 9.78 Å². The van der Waals surface area contributed by atoms with E-state index in [1.807, 2.05) is 17.8 Å². The van der Waals surface area contributed by atoms with Crippen molar-refractivity contribution in [2.45, 2.75) is 39.0 Å². The van der Waals surface area contributed by atoms with Gasteiger partial charge in [0, 0.05) is 12.6 Å². The molecular formula is C17H19BrN2O. The Kier molecular flexibility index (Phi) is 3.98. The molecule has 0 fully saturated rings. The van der Waals surface area contributed by atoms with Gasteiger partial charge < -0.3 is 0 Å². The first kappa shape index (κ1) is 14.5. The maximum absolute atomic E-state index is 12.6. The topological polar surface area (TPSA) is 34.9 Å². The zero-order valence-corrected chi connectivity index (χ0v) is 14.0. The summed E-state index contributed by atoms with van der Waals surface area (Å²) >= 11 is 3.58. The minimum atomic E-state index is 0.163. The van der Waals surface area contributed by atoms with Crippen LogP contribution in [0.5, 0.6) is 0 Å². The fraction of sp³-hybridized carbons (Fsp3) is 0.412. The normalized spacial score (nSPS) is 13.5. The van der Waals surface area contributed by atoms with Gasteiger partial charge in [0.25, 0.3) is 0 Å². The molecule has 1 aromatic carbocycles. The molecular weight excluding hydrogens is 328 g/mol. The molecule has 0 N–H and O–H groups in total. The van der Waals surface area contributed by atoms with Crippen LogP contribution in [0.1, 0.15) is 46.2 Å². The summed E-state index contributed by atoms with van der Waals surface area (Å²) in [5.41, 5.74) is 5.54. The van der Waals surface area contributed by atoms with Crippen LogP contribution in [0.25, 0.3) is 0 Å². The molecule has 3 nitrogen and oxygen atoms in total. The number of carbonyl (C=O) groups excluding carboxylic acids is 1. The lowest BCUT2D eigenvalue weighted by Gasteiger charge is -2.05. The number of aromatic nitrogens is 2. The van der Waals surface area contributed by atoms with Gasteiger partial charge in [-0.05, 0) is 58.8 Å². The Balaban J connectivity index is 1.85. The van der Waals surface area contributed by atoms with E-state index in [4.69, 9.17) is 0 Å². The summed E-state index contributed by atoms with van der Waals surface area (Å²) in [4.78, 5) is 12.6. The molecule has 0 saturated heterocycles. The van der Waals surface area contributed by atoms with Crippen molar-refractivity contribution in [3.8, 4) is 0 Å².